The average Bonchev–Trinajstić information content (AvgIpc) is 2.82. The molecule has 0 radical (unpaired) electrons. The van der Waals surface area contributed by atoms with E-state index in [9.17, 15) is 13.2 Å². The van der Waals surface area contributed by atoms with Crippen LogP contribution in [0.4, 0.5) is 0 Å². The molecular weight excluding hydrogens is 418 g/mol. The third-order valence-corrected chi connectivity index (χ3v) is 6.88. The SMILES string of the molecule is O=C(NCCOc1cccc2cccnc12)c1ccc(S(=O)(=O)N2CCOCC2)cc1. The van der Waals surface area contributed by atoms with Crippen molar-refractivity contribution in [3.05, 3.63) is 66.4 Å². The van der Waals surface area contributed by atoms with E-state index in [4.69, 9.17) is 9.47 Å². The van der Waals surface area contributed by atoms with Gasteiger partial charge < -0.3 is 14.8 Å². The third-order valence-electron chi connectivity index (χ3n) is 4.97. The van der Waals surface area contributed by atoms with Crippen LogP contribution >= 0.6 is 0 Å². The predicted molar refractivity (Wildman–Crippen MR) is 116 cm³/mol. The highest BCUT2D eigenvalue weighted by atomic mass is 32.2. The fourth-order valence-electron chi connectivity index (χ4n) is 3.33. The lowest BCUT2D eigenvalue weighted by molar-refractivity contribution is 0.0730. The van der Waals surface area contributed by atoms with Crippen LogP contribution in [0.25, 0.3) is 10.9 Å². The number of rotatable bonds is 7. The monoisotopic (exact) mass is 441 g/mol. The van der Waals surface area contributed by atoms with Gasteiger partial charge in [-0.15, -0.1) is 0 Å². The number of amides is 1. The molecule has 4 rings (SSSR count). The Kier molecular flexibility index (Phi) is 6.45. The highest BCUT2D eigenvalue weighted by Crippen LogP contribution is 2.22. The number of nitrogens with one attached hydrogen (secondary N) is 1. The summed E-state index contributed by atoms with van der Waals surface area (Å²) in [5.74, 6) is 0.361. The Labute approximate surface area is 180 Å². The molecule has 1 saturated heterocycles. The highest BCUT2D eigenvalue weighted by molar-refractivity contribution is 7.89. The van der Waals surface area contributed by atoms with E-state index in [0.717, 1.165) is 10.9 Å². The highest BCUT2D eigenvalue weighted by Gasteiger charge is 2.26. The van der Waals surface area contributed by atoms with Crippen LogP contribution < -0.4 is 10.1 Å². The average molecular weight is 442 g/mol. The van der Waals surface area contributed by atoms with Gasteiger partial charge in [0.1, 0.15) is 17.9 Å². The minimum Gasteiger partial charge on any atom is -0.489 e. The molecule has 1 aliphatic heterocycles. The molecule has 9 heteroatoms. The first-order valence-corrected chi connectivity index (χ1v) is 11.4. The van der Waals surface area contributed by atoms with Gasteiger partial charge in [0.25, 0.3) is 5.91 Å². The van der Waals surface area contributed by atoms with Gasteiger partial charge in [0.2, 0.25) is 10.0 Å². The van der Waals surface area contributed by atoms with E-state index in [-0.39, 0.29) is 17.4 Å². The van der Waals surface area contributed by atoms with Crippen LogP contribution in [0.3, 0.4) is 0 Å². The number of aromatic nitrogens is 1. The van der Waals surface area contributed by atoms with E-state index in [1.807, 2.05) is 30.3 Å². The second-order valence-corrected chi connectivity index (χ2v) is 8.91. The van der Waals surface area contributed by atoms with Crippen LogP contribution in [0.15, 0.2) is 65.7 Å². The summed E-state index contributed by atoms with van der Waals surface area (Å²) in [6.45, 7) is 2.02. The zero-order valence-corrected chi connectivity index (χ0v) is 17.7. The molecule has 31 heavy (non-hydrogen) atoms. The van der Waals surface area contributed by atoms with Crippen molar-refractivity contribution < 1.29 is 22.7 Å². The number of hydrogen-bond donors (Lipinski definition) is 1. The van der Waals surface area contributed by atoms with Gasteiger partial charge in [-0.3, -0.25) is 9.78 Å². The van der Waals surface area contributed by atoms with Crippen LogP contribution in [0.1, 0.15) is 10.4 Å². The number of morpholine rings is 1. The molecule has 3 aromatic rings. The summed E-state index contributed by atoms with van der Waals surface area (Å²) in [4.78, 5) is 16.9. The van der Waals surface area contributed by atoms with Crippen molar-refractivity contribution in [1.29, 1.82) is 0 Å². The number of nitrogens with zero attached hydrogens (tertiary/aromatic N) is 2. The summed E-state index contributed by atoms with van der Waals surface area (Å²) in [6.07, 6.45) is 1.71. The first kappa shape index (κ1) is 21.2. The summed E-state index contributed by atoms with van der Waals surface area (Å²) in [7, 11) is -3.58. The summed E-state index contributed by atoms with van der Waals surface area (Å²) in [5, 5.41) is 3.76. The number of fused-ring (bicyclic) bond motifs is 1. The van der Waals surface area contributed by atoms with Gasteiger partial charge in [0, 0.05) is 30.2 Å². The minimum atomic E-state index is -3.58. The molecule has 0 saturated carbocycles. The standard InChI is InChI=1S/C22H23N3O5S/c26-22(24-11-14-30-20-5-1-3-17-4-2-10-23-21(17)20)18-6-8-19(9-7-18)31(27,28)25-12-15-29-16-13-25/h1-10H,11-16H2,(H,24,26). The molecule has 1 fully saturated rings. The van der Waals surface area contributed by atoms with Crippen LogP contribution in [0, 0.1) is 0 Å². The summed E-state index contributed by atoms with van der Waals surface area (Å²) < 4.78 is 37.7. The summed E-state index contributed by atoms with van der Waals surface area (Å²) >= 11 is 0. The lowest BCUT2D eigenvalue weighted by Gasteiger charge is -2.26. The van der Waals surface area contributed by atoms with Gasteiger partial charge >= 0.3 is 0 Å². The Hall–Kier alpha value is -3.01. The molecule has 1 amide bonds. The molecule has 8 nitrogen and oxygen atoms in total. The zero-order valence-electron chi connectivity index (χ0n) is 16.9. The van der Waals surface area contributed by atoms with Crippen molar-refractivity contribution in [2.24, 2.45) is 0 Å². The van der Waals surface area contributed by atoms with E-state index >= 15 is 0 Å². The van der Waals surface area contributed by atoms with Gasteiger partial charge in [0.05, 0.1) is 24.7 Å². The Morgan fingerprint density at radius 1 is 1.06 bits per heavy atom. The molecule has 0 bridgehead atoms. The predicted octanol–water partition coefficient (Wildman–Crippen LogP) is 2.06. The number of para-hydroxylation sites is 1. The second-order valence-electron chi connectivity index (χ2n) is 6.98. The lowest BCUT2D eigenvalue weighted by Crippen LogP contribution is -2.40. The van der Waals surface area contributed by atoms with Crippen LogP contribution in [-0.4, -0.2) is 63.1 Å². The normalized spacial score (nSPS) is 15.0. The number of pyridine rings is 1. The van der Waals surface area contributed by atoms with Crippen LogP contribution in [0.5, 0.6) is 5.75 Å². The maximum Gasteiger partial charge on any atom is 0.251 e. The molecule has 1 aliphatic rings. The van der Waals surface area contributed by atoms with Gasteiger partial charge in [-0.2, -0.15) is 4.31 Å². The Morgan fingerprint density at radius 3 is 2.58 bits per heavy atom. The Bertz CT molecular complexity index is 1150. The molecule has 0 unspecified atom stereocenters. The van der Waals surface area contributed by atoms with Gasteiger partial charge in [-0.05, 0) is 36.4 Å². The van der Waals surface area contributed by atoms with Crippen LogP contribution in [0.2, 0.25) is 0 Å². The van der Waals surface area contributed by atoms with Crippen molar-refractivity contribution in [3.8, 4) is 5.75 Å². The molecule has 0 atom stereocenters. The fraction of sp³-hybridized carbons (Fsp3) is 0.273. The molecule has 1 N–H and O–H groups in total. The largest absolute Gasteiger partial charge is 0.489 e. The first-order chi connectivity index (χ1) is 15.1. The molecule has 1 aromatic heterocycles. The minimum absolute atomic E-state index is 0.165. The van der Waals surface area contributed by atoms with Crippen molar-refractivity contribution >= 4 is 26.8 Å². The number of sulfonamides is 1. The van der Waals surface area contributed by atoms with Gasteiger partial charge in [-0.1, -0.05) is 18.2 Å². The number of hydrogen-bond acceptors (Lipinski definition) is 6. The quantitative estimate of drug-likeness (QED) is 0.564. The van der Waals surface area contributed by atoms with Crippen molar-refractivity contribution in [3.63, 3.8) is 0 Å². The lowest BCUT2D eigenvalue weighted by atomic mass is 10.2. The van der Waals surface area contributed by atoms with Gasteiger partial charge in [-0.25, -0.2) is 8.42 Å². The molecule has 162 valence electrons. The second kappa shape index (κ2) is 9.42. The molecule has 2 heterocycles. The number of ether oxygens (including phenoxy) is 2. The number of carbonyl (C=O) groups excluding carboxylic acids is 1. The number of benzene rings is 2. The molecule has 0 spiro atoms. The van der Waals surface area contributed by atoms with E-state index < -0.39 is 10.0 Å². The first-order valence-electron chi connectivity index (χ1n) is 9.98. The van der Waals surface area contributed by atoms with Gasteiger partial charge in [0.15, 0.2) is 0 Å². The topological polar surface area (TPSA) is 97.8 Å². The van der Waals surface area contributed by atoms with E-state index in [1.165, 1.54) is 28.6 Å². The van der Waals surface area contributed by atoms with Crippen molar-refractivity contribution in [2.75, 3.05) is 39.5 Å². The summed E-state index contributed by atoms with van der Waals surface area (Å²) in [5.41, 5.74) is 1.15. The van der Waals surface area contributed by atoms with E-state index in [0.29, 0.717) is 44.2 Å². The smallest absolute Gasteiger partial charge is 0.251 e. The Morgan fingerprint density at radius 2 is 1.81 bits per heavy atom. The molecule has 0 aliphatic carbocycles. The van der Waals surface area contributed by atoms with E-state index in [1.54, 1.807) is 6.20 Å². The Balaban J connectivity index is 1.32. The zero-order chi connectivity index (χ0) is 21.7. The molecule has 2 aromatic carbocycles. The third kappa shape index (κ3) is 4.84. The fourth-order valence-corrected chi connectivity index (χ4v) is 4.74. The molecular formula is C22H23N3O5S. The maximum atomic E-state index is 12.7. The number of carbonyl (C=O) groups is 1. The van der Waals surface area contributed by atoms with Crippen LogP contribution in [-0.2, 0) is 14.8 Å². The van der Waals surface area contributed by atoms with Crippen molar-refractivity contribution in [2.45, 2.75) is 4.90 Å². The van der Waals surface area contributed by atoms with E-state index in [2.05, 4.69) is 10.3 Å². The summed E-state index contributed by atoms with van der Waals surface area (Å²) in [6, 6.07) is 15.4. The van der Waals surface area contributed by atoms with Crippen molar-refractivity contribution in [1.82, 2.24) is 14.6 Å². The maximum absolute atomic E-state index is 12.7.